The average Bonchev–Trinajstić information content (AvgIpc) is 2.25. The van der Waals surface area contributed by atoms with Crippen LogP contribution >= 0.6 is 35.0 Å². The maximum absolute atomic E-state index is 5.89. The lowest BCUT2D eigenvalue weighted by molar-refractivity contribution is 0.998. The van der Waals surface area contributed by atoms with Gasteiger partial charge >= 0.3 is 0 Å². The molecule has 0 aliphatic heterocycles. The van der Waals surface area contributed by atoms with Crippen molar-refractivity contribution >= 4 is 35.0 Å². The second-order valence-corrected chi connectivity index (χ2v) is 4.60. The summed E-state index contributed by atoms with van der Waals surface area (Å²) in [5.41, 5.74) is 0. The Morgan fingerprint density at radius 2 is 1.73 bits per heavy atom. The number of hydrogen-bond donors (Lipinski definition) is 0. The minimum absolute atomic E-state index is 0.345. The van der Waals surface area contributed by atoms with Gasteiger partial charge in [-0.15, -0.1) is 10.2 Å². The number of benzene rings is 1. The topological polar surface area (TPSA) is 25.8 Å². The first kappa shape index (κ1) is 10.7. The molecule has 0 spiro atoms. The summed E-state index contributed by atoms with van der Waals surface area (Å²) in [6.45, 7) is 0. The monoisotopic (exact) mass is 256 g/mol. The minimum Gasteiger partial charge on any atom is -0.137 e. The molecule has 0 amide bonds. The first-order valence-electron chi connectivity index (χ1n) is 4.17. The van der Waals surface area contributed by atoms with Crippen molar-refractivity contribution < 1.29 is 0 Å². The Morgan fingerprint density at radius 3 is 2.47 bits per heavy atom. The number of rotatable bonds is 2. The van der Waals surface area contributed by atoms with E-state index in [0.29, 0.717) is 10.3 Å². The van der Waals surface area contributed by atoms with Gasteiger partial charge in [0.05, 0.1) is 4.90 Å². The maximum atomic E-state index is 5.89. The Labute approximate surface area is 102 Å². The molecule has 1 aromatic heterocycles. The molecule has 2 aromatic rings. The largest absolute Gasteiger partial charge is 0.165 e. The van der Waals surface area contributed by atoms with E-state index in [1.54, 1.807) is 6.07 Å². The highest BCUT2D eigenvalue weighted by molar-refractivity contribution is 7.99. The smallest absolute Gasteiger partial charge is 0.137 e. The van der Waals surface area contributed by atoms with Gasteiger partial charge in [0.25, 0.3) is 0 Å². The standard InChI is InChI=1S/C10H6Cl2N2S/c11-9-6-8(10(12)14-13-9)15-7-4-2-1-3-5-7/h1-6H. The van der Waals surface area contributed by atoms with Gasteiger partial charge in [0.1, 0.15) is 0 Å². The molecule has 1 aromatic carbocycles. The SMILES string of the molecule is Clc1cc(Sc2ccccc2)c(Cl)nn1. The van der Waals surface area contributed by atoms with Crippen LogP contribution in [0.5, 0.6) is 0 Å². The first-order chi connectivity index (χ1) is 7.25. The highest BCUT2D eigenvalue weighted by Crippen LogP contribution is 2.32. The predicted molar refractivity (Wildman–Crippen MR) is 62.6 cm³/mol. The fourth-order valence-electron chi connectivity index (χ4n) is 1.02. The summed E-state index contributed by atoms with van der Waals surface area (Å²) in [7, 11) is 0. The van der Waals surface area contributed by atoms with Gasteiger partial charge in [0.15, 0.2) is 10.3 Å². The number of aromatic nitrogens is 2. The van der Waals surface area contributed by atoms with Crippen LogP contribution in [0.1, 0.15) is 0 Å². The first-order valence-corrected chi connectivity index (χ1v) is 5.74. The Balaban J connectivity index is 2.28. The third-order valence-electron chi connectivity index (χ3n) is 1.66. The van der Waals surface area contributed by atoms with Crippen LogP contribution in [0.4, 0.5) is 0 Å². The summed E-state index contributed by atoms with van der Waals surface area (Å²) in [5.74, 6) is 0. The van der Waals surface area contributed by atoms with Crippen molar-refractivity contribution in [1.29, 1.82) is 0 Å². The Morgan fingerprint density at radius 1 is 1.00 bits per heavy atom. The average molecular weight is 257 g/mol. The highest BCUT2D eigenvalue weighted by atomic mass is 35.5. The number of halogens is 2. The second-order valence-electron chi connectivity index (χ2n) is 2.74. The van der Waals surface area contributed by atoms with Crippen LogP contribution in [0, 0.1) is 0 Å². The van der Waals surface area contributed by atoms with E-state index in [0.717, 1.165) is 9.79 Å². The molecular weight excluding hydrogens is 251 g/mol. The molecule has 0 bridgehead atoms. The van der Waals surface area contributed by atoms with Gasteiger partial charge < -0.3 is 0 Å². The van der Waals surface area contributed by atoms with E-state index in [-0.39, 0.29) is 0 Å². The molecule has 0 atom stereocenters. The molecule has 1 heterocycles. The molecule has 0 aliphatic carbocycles. The molecule has 5 heteroatoms. The molecule has 2 rings (SSSR count). The fraction of sp³-hybridized carbons (Fsp3) is 0. The number of hydrogen-bond acceptors (Lipinski definition) is 3. The van der Waals surface area contributed by atoms with Crippen molar-refractivity contribution in [3.8, 4) is 0 Å². The normalized spacial score (nSPS) is 10.3. The summed E-state index contributed by atoms with van der Waals surface area (Å²) in [4.78, 5) is 1.89. The van der Waals surface area contributed by atoms with Gasteiger partial charge in [-0.3, -0.25) is 0 Å². The summed E-state index contributed by atoms with van der Waals surface area (Å²) in [6.07, 6.45) is 0. The zero-order valence-electron chi connectivity index (χ0n) is 7.52. The zero-order chi connectivity index (χ0) is 10.7. The van der Waals surface area contributed by atoms with Crippen LogP contribution in [0.3, 0.4) is 0 Å². The van der Waals surface area contributed by atoms with Crippen molar-refractivity contribution in [2.45, 2.75) is 9.79 Å². The highest BCUT2D eigenvalue weighted by Gasteiger charge is 2.05. The van der Waals surface area contributed by atoms with Crippen LogP contribution in [0.25, 0.3) is 0 Å². The molecule has 0 unspecified atom stereocenters. The predicted octanol–water partition coefficient (Wildman–Crippen LogP) is 3.93. The second kappa shape index (κ2) is 4.84. The molecule has 0 saturated heterocycles. The van der Waals surface area contributed by atoms with E-state index in [1.165, 1.54) is 11.8 Å². The van der Waals surface area contributed by atoms with Gasteiger partial charge in [-0.1, -0.05) is 53.2 Å². The van der Waals surface area contributed by atoms with E-state index >= 15 is 0 Å². The Bertz CT molecular complexity index is 462. The van der Waals surface area contributed by atoms with Gasteiger partial charge in [0.2, 0.25) is 0 Å². The van der Waals surface area contributed by atoms with Gasteiger partial charge in [-0.05, 0) is 18.2 Å². The van der Waals surface area contributed by atoms with E-state index in [4.69, 9.17) is 23.2 Å². The summed E-state index contributed by atoms with van der Waals surface area (Å²) in [5, 5.41) is 8.10. The van der Waals surface area contributed by atoms with Crippen molar-refractivity contribution in [1.82, 2.24) is 10.2 Å². The summed E-state index contributed by atoms with van der Waals surface area (Å²) < 4.78 is 0. The van der Waals surface area contributed by atoms with Crippen molar-refractivity contribution in [3.63, 3.8) is 0 Å². The maximum Gasteiger partial charge on any atom is 0.165 e. The van der Waals surface area contributed by atoms with Crippen molar-refractivity contribution in [2.75, 3.05) is 0 Å². The quantitative estimate of drug-likeness (QED) is 0.815. The van der Waals surface area contributed by atoms with Crippen LogP contribution in [-0.4, -0.2) is 10.2 Å². The van der Waals surface area contributed by atoms with Gasteiger partial charge in [-0.25, -0.2) is 0 Å². The lowest BCUT2D eigenvalue weighted by atomic mass is 10.4. The van der Waals surface area contributed by atoms with E-state index in [1.807, 2.05) is 30.3 Å². The molecule has 0 radical (unpaired) electrons. The lowest BCUT2D eigenvalue weighted by Gasteiger charge is -2.02. The molecule has 2 nitrogen and oxygen atoms in total. The third-order valence-corrected chi connectivity index (χ3v) is 3.27. The fourth-order valence-corrected chi connectivity index (χ4v) is 2.29. The Hall–Kier alpha value is -0.770. The lowest BCUT2D eigenvalue weighted by Crippen LogP contribution is -1.85. The van der Waals surface area contributed by atoms with E-state index in [2.05, 4.69) is 10.2 Å². The van der Waals surface area contributed by atoms with Crippen LogP contribution in [0.2, 0.25) is 10.3 Å². The zero-order valence-corrected chi connectivity index (χ0v) is 9.85. The third kappa shape index (κ3) is 2.84. The molecular formula is C10H6Cl2N2S. The Kier molecular flexibility index (Phi) is 3.46. The van der Waals surface area contributed by atoms with Gasteiger partial charge in [-0.2, -0.15) is 0 Å². The van der Waals surface area contributed by atoms with Crippen LogP contribution in [0.15, 0.2) is 46.2 Å². The molecule has 0 fully saturated rings. The van der Waals surface area contributed by atoms with E-state index < -0.39 is 0 Å². The summed E-state index contributed by atoms with van der Waals surface area (Å²) >= 11 is 13.1. The van der Waals surface area contributed by atoms with Crippen LogP contribution in [-0.2, 0) is 0 Å². The molecule has 76 valence electrons. The molecule has 0 N–H and O–H groups in total. The van der Waals surface area contributed by atoms with Crippen LogP contribution < -0.4 is 0 Å². The van der Waals surface area contributed by atoms with Crippen molar-refractivity contribution in [2.24, 2.45) is 0 Å². The minimum atomic E-state index is 0.345. The summed E-state index contributed by atoms with van der Waals surface area (Å²) in [6, 6.07) is 11.6. The van der Waals surface area contributed by atoms with Gasteiger partial charge in [0, 0.05) is 4.90 Å². The van der Waals surface area contributed by atoms with Crippen molar-refractivity contribution in [3.05, 3.63) is 46.7 Å². The molecule has 0 aliphatic rings. The molecule has 0 saturated carbocycles. The van der Waals surface area contributed by atoms with E-state index in [9.17, 15) is 0 Å². The molecule has 15 heavy (non-hydrogen) atoms. The number of nitrogens with zero attached hydrogens (tertiary/aromatic N) is 2.